The number of rotatable bonds is 6. The molecule has 0 bridgehead atoms. The van der Waals surface area contributed by atoms with Crippen molar-refractivity contribution in [2.24, 2.45) is 0 Å². The van der Waals surface area contributed by atoms with Crippen molar-refractivity contribution in [3.8, 4) is 0 Å². The summed E-state index contributed by atoms with van der Waals surface area (Å²) in [4.78, 5) is 27.6. The highest BCUT2D eigenvalue weighted by Gasteiger charge is 2.26. The molecule has 0 unspecified atom stereocenters. The molecule has 0 aliphatic carbocycles. The van der Waals surface area contributed by atoms with Gasteiger partial charge in [-0.1, -0.05) is 6.07 Å². The predicted molar refractivity (Wildman–Crippen MR) is 99.3 cm³/mol. The zero-order chi connectivity index (χ0) is 18.4. The first-order chi connectivity index (χ1) is 12.7. The van der Waals surface area contributed by atoms with E-state index in [1.165, 1.54) is 0 Å². The van der Waals surface area contributed by atoms with Crippen molar-refractivity contribution in [2.75, 3.05) is 32.1 Å². The predicted octanol–water partition coefficient (Wildman–Crippen LogP) is 2.67. The fourth-order valence-corrected chi connectivity index (χ4v) is 3.23. The molecular formula is C19H25N5O2. The lowest BCUT2D eigenvalue weighted by molar-refractivity contribution is -0.133. The first-order valence-corrected chi connectivity index (χ1v) is 8.95. The Morgan fingerprint density at radius 1 is 1.27 bits per heavy atom. The number of piperidine rings is 1. The Morgan fingerprint density at radius 2 is 2.04 bits per heavy atom. The minimum atomic E-state index is 0.159. The zero-order valence-corrected chi connectivity index (χ0v) is 15.3. The van der Waals surface area contributed by atoms with Crippen molar-refractivity contribution in [3.05, 3.63) is 42.0 Å². The molecule has 7 heteroatoms. The van der Waals surface area contributed by atoms with Crippen LogP contribution < -0.4 is 5.32 Å². The number of pyridine rings is 1. The average Bonchev–Trinajstić information content (AvgIpc) is 2.67. The van der Waals surface area contributed by atoms with E-state index >= 15 is 0 Å². The normalized spacial score (nSPS) is 15.1. The second-order valence-electron chi connectivity index (χ2n) is 6.48. The summed E-state index contributed by atoms with van der Waals surface area (Å²) in [6, 6.07) is 5.84. The van der Waals surface area contributed by atoms with Crippen LogP contribution in [0.15, 0.2) is 30.6 Å². The first-order valence-electron chi connectivity index (χ1n) is 8.95. The molecule has 0 spiro atoms. The minimum Gasteiger partial charge on any atom is -0.384 e. The third-order valence-electron chi connectivity index (χ3n) is 4.62. The van der Waals surface area contributed by atoms with Crippen LogP contribution >= 0.6 is 0 Å². The van der Waals surface area contributed by atoms with E-state index in [0.29, 0.717) is 13.0 Å². The number of hydrogen-bond acceptors (Lipinski definition) is 6. The summed E-state index contributed by atoms with van der Waals surface area (Å²) in [5, 5.41) is 3.29. The van der Waals surface area contributed by atoms with E-state index in [1.54, 1.807) is 19.5 Å². The SMILES string of the molecule is COCCC(=O)N1CCC(c2nccnc2Nc2cccc(C)n2)CC1. The molecule has 0 aromatic carbocycles. The number of amides is 1. The van der Waals surface area contributed by atoms with Crippen LogP contribution in [0.4, 0.5) is 11.6 Å². The molecule has 3 rings (SSSR count). The summed E-state index contributed by atoms with van der Waals surface area (Å²) in [6.45, 7) is 3.91. The number of methoxy groups -OCH3 is 1. The summed E-state index contributed by atoms with van der Waals surface area (Å²) >= 11 is 0. The molecule has 1 amide bonds. The summed E-state index contributed by atoms with van der Waals surface area (Å²) < 4.78 is 4.99. The van der Waals surface area contributed by atoms with Crippen molar-refractivity contribution in [1.29, 1.82) is 0 Å². The molecule has 1 aliphatic heterocycles. The van der Waals surface area contributed by atoms with Crippen LogP contribution in [0.1, 0.15) is 36.6 Å². The average molecular weight is 355 g/mol. The Hall–Kier alpha value is -2.54. The van der Waals surface area contributed by atoms with Gasteiger partial charge in [-0.3, -0.25) is 9.78 Å². The Bertz CT molecular complexity index is 744. The van der Waals surface area contributed by atoms with Gasteiger partial charge in [-0.15, -0.1) is 0 Å². The van der Waals surface area contributed by atoms with Gasteiger partial charge in [0.05, 0.1) is 18.7 Å². The third-order valence-corrected chi connectivity index (χ3v) is 4.62. The fraction of sp³-hybridized carbons (Fsp3) is 0.474. The van der Waals surface area contributed by atoms with Gasteiger partial charge in [-0.2, -0.15) is 0 Å². The van der Waals surface area contributed by atoms with Gasteiger partial charge in [0.15, 0.2) is 5.82 Å². The van der Waals surface area contributed by atoms with Crippen molar-refractivity contribution in [3.63, 3.8) is 0 Å². The van der Waals surface area contributed by atoms with E-state index in [1.807, 2.05) is 30.0 Å². The molecule has 0 saturated carbocycles. The molecule has 3 heterocycles. The number of likely N-dealkylation sites (tertiary alicyclic amines) is 1. The Kier molecular flexibility index (Phi) is 6.12. The van der Waals surface area contributed by atoms with Gasteiger partial charge >= 0.3 is 0 Å². The number of hydrogen-bond donors (Lipinski definition) is 1. The lowest BCUT2D eigenvalue weighted by Crippen LogP contribution is -2.38. The quantitative estimate of drug-likeness (QED) is 0.858. The van der Waals surface area contributed by atoms with Crippen LogP contribution in [0.3, 0.4) is 0 Å². The first kappa shape index (κ1) is 18.3. The maximum absolute atomic E-state index is 12.1. The van der Waals surface area contributed by atoms with Crippen LogP contribution in [0.5, 0.6) is 0 Å². The third kappa shape index (κ3) is 4.54. The van der Waals surface area contributed by atoms with E-state index in [-0.39, 0.29) is 11.8 Å². The number of nitrogens with zero attached hydrogens (tertiary/aromatic N) is 4. The standard InChI is InChI=1S/C19H25N5O2/c1-14-4-3-5-16(22-14)23-19-18(20-9-10-21-19)15-6-11-24(12-7-15)17(25)8-13-26-2/h3-5,9-10,15H,6-8,11-13H2,1-2H3,(H,21,22,23). The van der Waals surface area contributed by atoms with Gasteiger partial charge in [0, 0.05) is 44.2 Å². The number of carbonyl (C=O) groups excluding carboxylic acids is 1. The van der Waals surface area contributed by atoms with Crippen LogP contribution in [0.25, 0.3) is 0 Å². The summed E-state index contributed by atoms with van der Waals surface area (Å²) in [7, 11) is 1.62. The smallest absolute Gasteiger partial charge is 0.224 e. The van der Waals surface area contributed by atoms with Crippen LogP contribution in [0, 0.1) is 6.92 Å². The highest BCUT2D eigenvalue weighted by atomic mass is 16.5. The highest BCUT2D eigenvalue weighted by molar-refractivity contribution is 5.76. The fourth-order valence-electron chi connectivity index (χ4n) is 3.23. The van der Waals surface area contributed by atoms with Gasteiger partial charge < -0.3 is 15.0 Å². The van der Waals surface area contributed by atoms with E-state index in [0.717, 1.165) is 49.0 Å². The largest absolute Gasteiger partial charge is 0.384 e. The lowest BCUT2D eigenvalue weighted by Gasteiger charge is -2.32. The Morgan fingerprint density at radius 3 is 2.77 bits per heavy atom. The molecule has 26 heavy (non-hydrogen) atoms. The molecule has 1 saturated heterocycles. The Labute approximate surface area is 153 Å². The number of ether oxygens (including phenoxy) is 1. The number of aryl methyl sites for hydroxylation is 1. The number of aromatic nitrogens is 3. The van der Waals surface area contributed by atoms with Crippen molar-refractivity contribution in [1.82, 2.24) is 19.9 Å². The van der Waals surface area contributed by atoms with Gasteiger partial charge in [0.25, 0.3) is 0 Å². The molecule has 2 aromatic rings. The summed E-state index contributed by atoms with van der Waals surface area (Å²) in [5.74, 6) is 1.95. The van der Waals surface area contributed by atoms with Gasteiger partial charge in [-0.05, 0) is 31.9 Å². The van der Waals surface area contributed by atoms with Crippen LogP contribution in [-0.2, 0) is 9.53 Å². The summed E-state index contributed by atoms with van der Waals surface area (Å²) in [6.07, 6.45) is 5.62. The van der Waals surface area contributed by atoms with E-state index in [4.69, 9.17) is 4.74 Å². The van der Waals surface area contributed by atoms with E-state index < -0.39 is 0 Å². The topological polar surface area (TPSA) is 80.2 Å². The van der Waals surface area contributed by atoms with Crippen LogP contribution in [-0.4, -0.2) is 52.6 Å². The van der Waals surface area contributed by atoms with Crippen molar-refractivity contribution >= 4 is 17.5 Å². The molecule has 7 nitrogen and oxygen atoms in total. The molecule has 1 fully saturated rings. The monoisotopic (exact) mass is 355 g/mol. The molecular weight excluding hydrogens is 330 g/mol. The minimum absolute atomic E-state index is 0.159. The molecule has 0 atom stereocenters. The number of anilines is 2. The molecule has 138 valence electrons. The molecule has 2 aromatic heterocycles. The molecule has 1 N–H and O–H groups in total. The van der Waals surface area contributed by atoms with Crippen LogP contribution in [0.2, 0.25) is 0 Å². The maximum atomic E-state index is 12.1. The second-order valence-corrected chi connectivity index (χ2v) is 6.48. The van der Waals surface area contributed by atoms with Gasteiger partial charge in [-0.25, -0.2) is 9.97 Å². The highest BCUT2D eigenvalue weighted by Crippen LogP contribution is 2.31. The molecule has 1 aliphatic rings. The second kappa shape index (κ2) is 8.71. The van der Waals surface area contributed by atoms with Gasteiger partial charge in [0.1, 0.15) is 5.82 Å². The zero-order valence-electron chi connectivity index (χ0n) is 15.3. The van der Waals surface area contributed by atoms with E-state index in [2.05, 4.69) is 20.3 Å². The molecule has 0 radical (unpaired) electrons. The maximum Gasteiger partial charge on any atom is 0.224 e. The van der Waals surface area contributed by atoms with Crippen molar-refractivity contribution < 1.29 is 9.53 Å². The number of nitrogens with one attached hydrogen (secondary N) is 1. The van der Waals surface area contributed by atoms with Crippen molar-refractivity contribution in [2.45, 2.75) is 32.1 Å². The lowest BCUT2D eigenvalue weighted by atomic mass is 9.93. The van der Waals surface area contributed by atoms with Gasteiger partial charge in [0.2, 0.25) is 5.91 Å². The Balaban J connectivity index is 1.66. The number of carbonyl (C=O) groups is 1. The summed E-state index contributed by atoms with van der Waals surface area (Å²) in [5.41, 5.74) is 1.89. The van der Waals surface area contributed by atoms with E-state index in [9.17, 15) is 4.79 Å².